The molecule has 2 heterocycles. The lowest BCUT2D eigenvalue weighted by atomic mass is 9.96. The number of hydrogen-bond donors (Lipinski definition) is 0. The van der Waals surface area contributed by atoms with Gasteiger partial charge in [-0.05, 0) is 93.5 Å². The average Bonchev–Trinajstić information content (AvgIpc) is 1.62. The van der Waals surface area contributed by atoms with Gasteiger partial charge in [0.25, 0.3) is 0 Å². The zero-order valence-corrected chi connectivity index (χ0v) is 30.3. The van der Waals surface area contributed by atoms with Crippen LogP contribution in [0.5, 0.6) is 0 Å². The van der Waals surface area contributed by atoms with Gasteiger partial charge in [-0.15, -0.1) is 0 Å². The van der Waals surface area contributed by atoms with Crippen LogP contribution in [0.3, 0.4) is 0 Å². The van der Waals surface area contributed by atoms with E-state index in [1.54, 1.807) is 0 Å². The second kappa shape index (κ2) is 14.3. The van der Waals surface area contributed by atoms with Gasteiger partial charge in [-0.25, -0.2) is 0 Å². The van der Waals surface area contributed by atoms with Crippen LogP contribution >= 0.6 is 0 Å². The molecule has 2 aromatic heterocycles. The molecule has 286 valence electrons. The van der Waals surface area contributed by atoms with E-state index in [1.165, 1.54) is 0 Å². The van der Waals surface area contributed by atoms with E-state index in [9.17, 15) is 27.4 Å². The van der Waals surface area contributed by atoms with E-state index in [0.29, 0.717) is 4.57 Å². The van der Waals surface area contributed by atoms with E-state index in [4.69, 9.17) is 29.1 Å². The normalized spacial score (nSPS) is 20.3. The third kappa shape index (κ3) is 5.74. The van der Waals surface area contributed by atoms with Gasteiger partial charge in [-0.2, -0.15) is 0 Å². The Morgan fingerprint density at radius 3 is 1.66 bits per heavy atom. The SMILES string of the molecule is [2H]c1c([2H])c([2H])c(-c2c([2H])c([2H])c(N(c3c([2H])c([2H])c(-c4c([2H])c([2H])c([2H])c5c([2H])c([2H])c([2H])c([2H])c45)c([2H])c3[2H])c3c([2H])c([2H])c4c(oc5c([2H])c([2H])c([2H])c([2H])c54)c3-c3c([2H])c([2H])c([2H])c([2H])c3-n3c4c([2H])c([2H])c([2H])c([2H])c4c4c([2H])c([2H])c([2H])c([2H])c43)c([2H])c2[2H])c([2H])c1[2H]. The quantitative estimate of drug-likeness (QED) is 0.160. The molecule has 0 atom stereocenters. The molecule has 0 aliphatic heterocycles. The second-order valence-electron chi connectivity index (χ2n) is 12.8. The van der Waals surface area contributed by atoms with Crippen LogP contribution in [0.15, 0.2) is 234 Å². The van der Waals surface area contributed by atoms with Crippen molar-refractivity contribution in [3.63, 3.8) is 0 Å². The van der Waals surface area contributed by atoms with E-state index in [-0.39, 0.29) is 4.90 Å². The fraction of sp³-hybridized carbons (Fsp3) is 0. The summed E-state index contributed by atoms with van der Waals surface area (Å²) in [5.41, 5.74) is -15.4. The molecule has 61 heavy (non-hydrogen) atoms. The first-order valence-electron chi connectivity index (χ1n) is 36.7. The topological polar surface area (TPSA) is 21.3 Å². The van der Waals surface area contributed by atoms with Crippen LogP contribution in [-0.4, -0.2) is 4.57 Å². The summed E-state index contributed by atoms with van der Waals surface area (Å²) in [6.07, 6.45) is 0. The number of nitrogens with zero attached hydrogens (tertiary/aromatic N) is 2. The van der Waals surface area contributed by atoms with Crippen molar-refractivity contribution in [2.45, 2.75) is 0 Å². The minimum absolute atomic E-state index is 0.207. The van der Waals surface area contributed by atoms with E-state index in [0.717, 1.165) is 0 Å². The fourth-order valence-corrected chi connectivity index (χ4v) is 6.90. The van der Waals surface area contributed by atoms with Crippen LogP contribution < -0.4 is 4.90 Å². The highest BCUT2D eigenvalue weighted by molar-refractivity contribution is 6.15. The molecule has 0 fully saturated rings. The number of anilines is 3. The number of rotatable bonds is 7. The van der Waals surface area contributed by atoms with Crippen molar-refractivity contribution in [2.75, 3.05) is 4.90 Å². The van der Waals surface area contributed by atoms with Gasteiger partial charge >= 0.3 is 0 Å². The maximum absolute atomic E-state index is 10.4. The Morgan fingerprint density at radius 1 is 0.377 bits per heavy atom. The molecule has 0 amide bonds. The van der Waals surface area contributed by atoms with Gasteiger partial charge < -0.3 is 13.9 Å². The van der Waals surface area contributed by atoms with Crippen LogP contribution in [-0.2, 0) is 0 Å². The number of aromatic nitrogens is 1. The molecule has 3 nitrogen and oxygen atoms in total. The summed E-state index contributed by atoms with van der Waals surface area (Å²) in [7, 11) is 0. The van der Waals surface area contributed by atoms with Crippen molar-refractivity contribution in [1.29, 1.82) is 0 Å². The average molecular weight is 817 g/mol. The maximum Gasteiger partial charge on any atom is 0.145 e. The maximum atomic E-state index is 10.4. The van der Waals surface area contributed by atoms with Gasteiger partial charge in [-0.1, -0.05) is 169 Å². The van der Waals surface area contributed by atoms with Crippen LogP contribution in [0.25, 0.3) is 93.6 Å². The molecule has 10 aromatic carbocycles. The number of hydrogen-bond acceptors (Lipinski definition) is 2. The summed E-state index contributed by atoms with van der Waals surface area (Å²) in [6.45, 7) is 0. The minimum atomic E-state index is -1.49. The number of para-hydroxylation sites is 4. The van der Waals surface area contributed by atoms with Gasteiger partial charge in [0.2, 0.25) is 0 Å². The molecular weight excluding hydrogens is 741 g/mol. The number of benzene rings is 10. The van der Waals surface area contributed by atoms with Crippen molar-refractivity contribution in [2.24, 2.45) is 0 Å². The Bertz CT molecular complexity index is 5680. The van der Waals surface area contributed by atoms with Gasteiger partial charge in [0.15, 0.2) is 0 Å². The summed E-state index contributed by atoms with van der Waals surface area (Å²) in [6, 6.07) is -43.9. The summed E-state index contributed by atoms with van der Waals surface area (Å²) in [5, 5.41) is -4.55. The third-order valence-electron chi connectivity index (χ3n) is 9.48. The highest BCUT2D eigenvalue weighted by Gasteiger charge is 2.26. The van der Waals surface area contributed by atoms with Crippen LogP contribution in [0.2, 0.25) is 0 Å². The van der Waals surface area contributed by atoms with Crippen molar-refractivity contribution < 1.29 is 56.5 Å². The summed E-state index contributed by atoms with van der Waals surface area (Å²) >= 11 is 0. The highest BCUT2D eigenvalue weighted by Crippen LogP contribution is 2.49. The second-order valence-corrected chi connectivity index (χ2v) is 12.8. The molecule has 0 spiro atoms. The molecule has 0 saturated carbocycles. The van der Waals surface area contributed by atoms with Gasteiger partial charge in [0, 0.05) is 38.5 Å². The van der Waals surface area contributed by atoms with Crippen molar-refractivity contribution in [3.8, 4) is 39.1 Å². The Kier molecular flexibility index (Phi) is 3.21. The number of fused-ring (bicyclic) bond motifs is 7. The van der Waals surface area contributed by atoms with E-state index in [2.05, 4.69) is 0 Å². The predicted octanol–water partition coefficient (Wildman–Crippen LogP) is 16.3. The minimum Gasteiger partial charge on any atom is -0.455 e. The van der Waals surface area contributed by atoms with Crippen molar-refractivity contribution in [3.05, 3.63) is 230 Å². The van der Waals surface area contributed by atoms with Crippen molar-refractivity contribution in [1.82, 2.24) is 4.57 Å². The molecule has 0 N–H and O–H groups in total. The molecule has 0 radical (unpaired) electrons. The summed E-state index contributed by atoms with van der Waals surface area (Å²) in [4.78, 5) is 0.207. The molecule has 0 aliphatic rings. The highest BCUT2D eigenvalue weighted by atomic mass is 16.3. The zero-order valence-electron chi connectivity index (χ0n) is 68.3. The van der Waals surface area contributed by atoms with Crippen molar-refractivity contribution >= 4 is 71.6 Å². The molecule has 0 saturated heterocycles. The Morgan fingerprint density at radius 2 is 0.918 bits per heavy atom. The molecule has 0 unspecified atom stereocenters. The van der Waals surface area contributed by atoms with E-state index >= 15 is 0 Å². The van der Waals surface area contributed by atoms with Gasteiger partial charge in [-0.3, -0.25) is 0 Å². The Hall–Kier alpha value is -8.14. The Labute approximate surface area is 407 Å². The molecule has 12 rings (SSSR count). The first-order chi connectivity index (χ1) is 46.1. The molecule has 12 aromatic rings. The molecule has 0 aliphatic carbocycles. The molecular formula is C58H38N2O. The molecule has 3 heteroatoms. The van der Waals surface area contributed by atoms with Gasteiger partial charge in [0.1, 0.15) is 11.2 Å². The van der Waals surface area contributed by atoms with Crippen LogP contribution in [0, 0.1) is 0 Å². The molecule has 0 bridgehead atoms. The van der Waals surface area contributed by atoms with E-state index < -0.39 is 340 Å². The third-order valence-corrected chi connectivity index (χ3v) is 9.48. The Balaban J connectivity index is 1.41. The monoisotopic (exact) mass is 817 g/mol. The predicted molar refractivity (Wildman–Crippen MR) is 257 cm³/mol. The lowest BCUT2D eigenvalue weighted by Gasteiger charge is -2.29. The largest absolute Gasteiger partial charge is 0.455 e. The van der Waals surface area contributed by atoms with Crippen LogP contribution in [0.1, 0.15) is 52.1 Å². The fourth-order valence-electron chi connectivity index (χ4n) is 6.90. The zero-order chi connectivity index (χ0) is 73.3. The summed E-state index contributed by atoms with van der Waals surface area (Å²) < 4.78 is 358. The lowest BCUT2D eigenvalue weighted by Crippen LogP contribution is -2.12. The first-order valence-corrected chi connectivity index (χ1v) is 17.7. The summed E-state index contributed by atoms with van der Waals surface area (Å²) in [5.74, 6) is 0. The van der Waals surface area contributed by atoms with Crippen LogP contribution in [0.4, 0.5) is 17.1 Å². The lowest BCUT2D eigenvalue weighted by molar-refractivity contribution is 0.670. The van der Waals surface area contributed by atoms with E-state index in [1.807, 2.05) is 0 Å². The van der Waals surface area contributed by atoms with Gasteiger partial charge in [0.05, 0.1) is 80.1 Å². The first kappa shape index (κ1) is 13.7. The standard InChI is InChI=1S/C58H38N2O/c1-2-15-39(16-3-1)40-29-33-43(34-30-40)59(44-35-31-42(32-36-44)46-24-14-18-41-17-4-5-19-45(41)46)55-38-37-50-49-22-9-13-28-56(49)61-58(50)57(55)51-23-8-12-27-54(51)60-52-25-10-6-20-47(52)48-21-7-11-26-53(48)60/h1-38H/i1D,2D,3D,4D,5D,6D,7D,8D,9D,10D,11D,12D,13D,14D,15D,16D,17D,18D,19D,20D,21D,22D,23D,24D,25D,26D,27D,28D,29D,30D,31D,32D,33D,34D,35D,36D,37D,38D. The smallest absolute Gasteiger partial charge is 0.145 e. The number of furan rings is 1.